The van der Waals surface area contributed by atoms with Crippen molar-refractivity contribution in [3.63, 3.8) is 0 Å². The standard InChI is InChI=1S/C13H27NS/c1-4-6-12(10-15)9-14-8-5-7-13(2,3)11-14/h12,15H,4-11H2,1-3H3. The van der Waals surface area contributed by atoms with Crippen LogP contribution in [0, 0.1) is 11.3 Å². The van der Waals surface area contributed by atoms with Crippen molar-refractivity contribution < 1.29 is 0 Å². The van der Waals surface area contributed by atoms with E-state index in [1.54, 1.807) is 0 Å². The fourth-order valence-corrected chi connectivity index (χ4v) is 3.01. The van der Waals surface area contributed by atoms with Crippen molar-refractivity contribution in [2.75, 3.05) is 25.4 Å². The van der Waals surface area contributed by atoms with E-state index in [4.69, 9.17) is 0 Å². The SMILES string of the molecule is CCCC(CS)CN1CCCC(C)(C)C1. The molecule has 0 aromatic heterocycles. The first kappa shape index (κ1) is 13.4. The number of hydrogen-bond donors (Lipinski definition) is 1. The van der Waals surface area contributed by atoms with Crippen LogP contribution in [0.15, 0.2) is 0 Å². The van der Waals surface area contributed by atoms with Gasteiger partial charge in [0.05, 0.1) is 0 Å². The second-order valence-electron chi connectivity index (χ2n) is 5.84. The van der Waals surface area contributed by atoms with E-state index in [1.165, 1.54) is 45.3 Å². The molecule has 0 bridgehead atoms. The number of likely N-dealkylation sites (tertiary alicyclic amines) is 1. The summed E-state index contributed by atoms with van der Waals surface area (Å²) in [6, 6.07) is 0. The molecule has 2 heteroatoms. The Morgan fingerprint density at radius 2 is 2.13 bits per heavy atom. The first-order valence-corrected chi connectivity index (χ1v) is 7.04. The van der Waals surface area contributed by atoms with E-state index in [0.717, 1.165) is 11.7 Å². The van der Waals surface area contributed by atoms with Gasteiger partial charge in [-0.3, -0.25) is 0 Å². The van der Waals surface area contributed by atoms with Crippen molar-refractivity contribution in [1.82, 2.24) is 4.90 Å². The number of piperidine rings is 1. The molecule has 0 aliphatic carbocycles. The van der Waals surface area contributed by atoms with Crippen LogP contribution in [0.3, 0.4) is 0 Å². The third kappa shape index (κ3) is 4.78. The summed E-state index contributed by atoms with van der Waals surface area (Å²) in [5.41, 5.74) is 0.533. The van der Waals surface area contributed by atoms with E-state index in [2.05, 4.69) is 38.3 Å². The molecular formula is C13H27NS. The summed E-state index contributed by atoms with van der Waals surface area (Å²) in [4.78, 5) is 2.65. The minimum atomic E-state index is 0.533. The third-order valence-electron chi connectivity index (χ3n) is 3.45. The van der Waals surface area contributed by atoms with Gasteiger partial charge in [-0.25, -0.2) is 0 Å². The van der Waals surface area contributed by atoms with Gasteiger partial charge < -0.3 is 4.90 Å². The molecular weight excluding hydrogens is 202 g/mol. The Kier molecular flexibility index (Phi) is 5.48. The predicted molar refractivity (Wildman–Crippen MR) is 71.7 cm³/mol. The lowest BCUT2D eigenvalue weighted by atomic mass is 9.84. The van der Waals surface area contributed by atoms with Crippen molar-refractivity contribution in [2.45, 2.75) is 46.5 Å². The lowest BCUT2D eigenvalue weighted by molar-refractivity contribution is 0.103. The molecule has 1 saturated heterocycles. The highest BCUT2D eigenvalue weighted by Crippen LogP contribution is 2.29. The zero-order valence-electron chi connectivity index (χ0n) is 10.6. The molecule has 1 aliphatic rings. The first-order valence-electron chi connectivity index (χ1n) is 6.40. The number of rotatable bonds is 5. The van der Waals surface area contributed by atoms with Crippen LogP contribution < -0.4 is 0 Å². The summed E-state index contributed by atoms with van der Waals surface area (Å²) in [5.74, 6) is 1.84. The van der Waals surface area contributed by atoms with Crippen molar-refractivity contribution in [3.8, 4) is 0 Å². The molecule has 0 N–H and O–H groups in total. The summed E-state index contributed by atoms with van der Waals surface area (Å²) in [5, 5.41) is 0. The fraction of sp³-hybridized carbons (Fsp3) is 1.00. The van der Waals surface area contributed by atoms with Crippen LogP contribution in [0.5, 0.6) is 0 Å². The Hall–Kier alpha value is 0.310. The maximum atomic E-state index is 4.47. The molecule has 0 spiro atoms. The summed E-state index contributed by atoms with van der Waals surface area (Å²) in [6.07, 6.45) is 5.39. The van der Waals surface area contributed by atoms with Crippen LogP contribution >= 0.6 is 12.6 Å². The van der Waals surface area contributed by atoms with Crippen molar-refractivity contribution >= 4 is 12.6 Å². The molecule has 1 heterocycles. The summed E-state index contributed by atoms with van der Waals surface area (Å²) >= 11 is 4.47. The summed E-state index contributed by atoms with van der Waals surface area (Å²) < 4.78 is 0. The Labute approximate surface area is 101 Å². The fourth-order valence-electron chi connectivity index (χ4n) is 2.71. The van der Waals surface area contributed by atoms with Gasteiger partial charge in [-0.2, -0.15) is 12.6 Å². The van der Waals surface area contributed by atoms with E-state index in [1.807, 2.05) is 0 Å². The van der Waals surface area contributed by atoms with Crippen LogP contribution in [0.25, 0.3) is 0 Å². The quantitative estimate of drug-likeness (QED) is 0.707. The van der Waals surface area contributed by atoms with Gasteiger partial charge in [-0.1, -0.05) is 27.2 Å². The maximum Gasteiger partial charge on any atom is 0.00328 e. The minimum Gasteiger partial charge on any atom is -0.303 e. The zero-order valence-corrected chi connectivity index (χ0v) is 11.5. The van der Waals surface area contributed by atoms with Crippen LogP contribution in [0.2, 0.25) is 0 Å². The molecule has 1 nitrogen and oxygen atoms in total. The Morgan fingerprint density at radius 3 is 2.67 bits per heavy atom. The minimum absolute atomic E-state index is 0.533. The first-order chi connectivity index (χ1) is 7.07. The highest BCUT2D eigenvalue weighted by atomic mass is 32.1. The molecule has 1 fully saturated rings. The van der Waals surface area contributed by atoms with Gasteiger partial charge >= 0.3 is 0 Å². The summed E-state index contributed by atoms with van der Waals surface area (Å²) in [7, 11) is 0. The molecule has 1 rings (SSSR count). The van der Waals surface area contributed by atoms with E-state index in [0.29, 0.717) is 5.41 Å². The van der Waals surface area contributed by atoms with Crippen LogP contribution in [-0.4, -0.2) is 30.3 Å². The zero-order chi connectivity index (χ0) is 11.3. The summed E-state index contributed by atoms with van der Waals surface area (Å²) in [6.45, 7) is 10.9. The van der Waals surface area contributed by atoms with E-state index in [9.17, 15) is 0 Å². The average molecular weight is 229 g/mol. The molecule has 0 aromatic rings. The Morgan fingerprint density at radius 1 is 1.40 bits per heavy atom. The second-order valence-corrected chi connectivity index (χ2v) is 6.21. The van der Waals surface area contributed by atoms with Gasteiger partial charge in [-0.15, -0.1) is 0 Å². The van der Waals surface area contributed by atoms with Crippen LogP contribution in [-0.2, 0) is 0 Å². The van der Waals surface area contributed by atoms with Gasteiger partial charge in [-0.05, 0) is 42.9 Å². The van der Waals surface area contributed by atoms with Gasteiger partial charge in [0.2, 0.25) is 0 Å². The van der Waals surface area contributed by atoms with E-state index in [-0.39, 0.29) is 0 Å². The monoisotopic (exact) mass is 229 g/mol. The van der Waals surface area contributed by atoms with Gasteiger partial charge in [0.1, 0.15) is 0 Å². The Bertz CT molecular complexity index is 179. The van der Waals surface area contributed by atoms with Crippen LogP contribution in [0.4, 0.5) is 0 Å². The molecule has 0 amide bonds. The largest absolute Gasteiger partial charge is 0.303 e. The number of thiol groups is 1. The molecule has 0 saturated carbocycles. The van der Waals surface area contributed by atoms with Crippen molar-refractivity contribution in [3.05, 3.63) is 0 Å². The number of hydrogen-bond acceptors (Lipinski definition) is 2. The molecule has 15 heavy (non-hydrogen) atoms. The smallest absolute Gasteiger partial charge is 0.00328 e. The lowest BCUT2D eigenvalue weighted by Gasteiger charge is -2.39. The number of nitrogens with zero attached hydrogens (tertiary/aromatic N) is 1. The van der Waals surface area contributed by atoms with E-state index < -0.39 is 0 Å². The van der Waals surface area contributed by atoms with Crippen molar-refractivity contribution in [2.24, 2.45) is 11.3 Å². The van der Waals surface area contributed by atoms with Crippen LogP contribution in [0.1, 0.15) is 46.5 Å². The molecule has 1 unspecified atom stereocenters. The average Bonchev–Trinajstić information content (AvgIpc) is 2.15. The maximum absolute atomic E-state index is 4.47. The van der Waals surface area contributed by atoms with Gasteiger partial charge in [0, 0.05) is 13.1 Å². The molecule has 1 atom stereocenters. The normalized spacial score (nSPS) is 24.0. The highest BCUT2D eigenvalue weighted by molar-refractivity contribution is 7.80. The molecule has 90 valence electrons. The third-order valence-corrected chi connectivity index (χ3v) is 3.97. The van der Waals surface area contributed by atoms with Gasteiger partial charge in [0.25, 0.3) is 0 Å². The lowest BCUT2D eigenvalue weighted by Crippen LogP contribution is -2.42. The second kappa shape index (κ2) is 6.15. The van der Waals surface area contributed by atoms with E-state index >= 15 is 0 Å². The molecule has 0 radical (unpaired) electrons. The Balaban J connectivity index is 2.36. The van der Waals surface area contributed by atoms with Crippen molar-refractivity contribution in [1.29, 1.82) is 0 Å². The topological polar surface area (TPSA) is 3.24 Å². The molecule has 1 aliphatic heterocycles. The molecule has 0 aromatic carbocycles. The predicted octanol–water partition coefficient (Wildman–Crippen LogP) is 3.45. The van der Waals surface area contributed by atoms with Gasteiger partial charge in [0.15, 0.2) is 0 Å². The highest BCUT2D eigenvalue weighted by Gasteiger charge is 2.27.